The smallest absolute Gasteiger partial charge is 0.243 e. The van der Waals surface area contributed by atoms with Crippen molar-refractivity contribution in [2.45, 2.75) is 25.9 Å². The third-order valence-corrected chi connectivity index (χ3v) is 4.71. The van der Waals surface area contributed by atoms with Crippen molar-refractivity contribution in [3.8, 4) is 0 Å². The standard InChI is InChI=1S/C23H36N4O2/c1-6-22(28)24-14-8-16-26(3)18-20-10-12-21(13-11-20)19-27(4,5)17-9-15-25-23(29)7-2/h6-7,10-13H,1-2,8-9,14-19H2,3-5H3,(H-,24,25,28,29)/p+1. The van der Waals surface area contributed by atoms with Crippen LogP contribution >= 0.6 is 0 Å². The topological polar surface area (TPSA) is 61.4 Å². The van der Waals surface area contributed by atoms with Crippen LogP contribution in [0.1, 0.15) is 24.0 Å². The van der Waals surface area contributed by atoms with E-state index in [1.54, 1.807) is 0 Å². The summed E-state index contributed by atoms with van der Waals surface area (Å²) < 4.78 is 0.875. The van der Waals surface area contributed by atoms with Crippen molar-refractivity contribution < 1.29 is 14.1 Å². The number of hydrogen-bond acceptors (Lipinski definition) is 3. The minimum atomic E-state index is -0.119. The molecule has 0 saturated carbocycles. The van der Waals surface area contributed by atoms with E-state index in [4.69, 9.17) is 0 Å². The summed E-state index contributed by atoms with van der Waals surface area (Å²) in [6, 6.07) is 8.78. The first-order chi connectivity index (χ1) is 13.8. The summed E-state index contributed by atoms with van der Waals surface area (Å²) in [5.74, 6) is -0.233. The fourth-order valence-corrected chi connectivity index (χ4v) is 3.14. The highest BCUT2D eigenvalue weighted by Gasteiger charge is 2.15. The lowest BCUT2D eigenvalue weighted by molar-refractivity contribution is -0.903. The minimum Gasteiger partial charge on any atom is -0.353 e. The molecule has 0 aromatic heterocycles. The number of quaternary nitrogens is 1. The van der Waals surface area contributed by atoms with E-state index in [-0.39, 0.29) is 11.8 Å². The molecule has 2 amide bonds. The van der Waals surface area contributed by atoms with Crippen molar-refractivity contribution in [3.05, 3.63) is 60.7 Å². The molecule has 0 fully saturated rings. The van der Waals surface area contributed by atoms with Gasteiger partial charge in [0.05, 0.1) is 20.6 Å². The van der Waals surface area contributed by atoms with Crippen LogP contribution in [0.25, 0.3) is 0 Å². The minimum absolute atomic E-state index is 0.114. The molecule has 0 unspecified atom stereocenters. The maximum Gasteiger partial charge on any atom is 0.243 e. The van der Waals surface area contributed by atoms with Crippen molar-refractivity contribution in [2.75, 3.05) is 47.3 Å². The molecule has 29 heavy (non-hydrogen) atoms. The number of benzene rings is 1. The summed E-state index contributed by atoms with van der Waals surface area (Å²) in [6.07, 6.45) is 4.45. The van der Waals surface area contributed by atoms with Crippen molar-refractivity contribution in [2.24, 2.45) is 0 Å². The molecule has 0 heterocycles. The van der Waals surface area contributed by atoms with Crippen LogP contribution < -0.4 is 10.6 Å². The predicted molar refractivity (Wildman–Crippen MR) is 119 cm³/mol. The number of rotatable bonds is 14. The second-order valence-electron chi connectivity index (χ2n) is 8.07. The number of carbonyl (C=O) groups is 2. The third kappa shape index (κ3) is 11.2. The van der Waals surface area contributed by atoms with E-state index in [1.807, 2.05) is 0 Å². The van der Waals surface area contributed by atoms with Crippen LogP contribution in [0.15, 0.2) is 49.6 Å². The van der Waals surface area contributed by atoms with Gasteiger partial charge in [-0.15, -0.1) is 0 Å². The number of amides is 2. The van der Waals surface area contributed by atoms with Crippen LogP contribution in [0.2, 0.25) is 0 Å². The Morgan fingerprint density at radius 2 is 1.48 bits per heavy atom. The lowest BCUT2D eigenvalue weighted by Crippen LogP contribution is -2.41. The summed E-state index contributed by atoms with van der Waals surface area (Å²) in [5.41, 5.74) is 2.59. The highest BCUT2D eigenvalue weighted by molar-refractivity contribution is 5.87. The lowest BCUT2D eigenvalue weighted by Gasteiger charge is -2.30. The Labute approximate surface area is 175 Å². The quantitative estimate of drug-likeness (QED) is 0.285. The van der Waals surface area contributed by atoms with Crippen molar-refractivity contribution in [3.63, 3.8) is 0 Å². The fraction of sp³-hybridized carbons (Fsp3) is 0.478. The lowest BCUT2D eigenvalue weighted by atomic mass is 10.1. The summed E-state index contributed by atoms with van der Waals surface area (Å²) in [4.78, 5) is 24.6. The maximum absolute atomic E-state index is 11.2. The Morgan fingerprint density at radius 3 is 2.03 bits per heavy atom. The van der Waals surface area contributed by atoms with Gasteiger partial charge in [0.15, 0.2) is 0 Å². The Hall–Kier alpha value is -2.44. The fourth-order valence-electron chi connectivity index (χ4n) is 3.14. The number of nitrogens with one attached hydrogen (secondary N) is 2. The first-order valence-electron chi connectivity index (χ1n) is 10.1. The average Bonchev–Trinajstić information content (AvgIpc) is 2.69. The molecule has 0 aliphatic rings. The SMILES string of the molecule is C=CC(=O)NCCCN(C)Cc1ccc(C[N+](C)(C)CCCNC(=O)C=C)cc1. The molecule has 0 radical (unpaired) electrons. The van der Waals surface area contributed by atoms with E-state index >= 15 is 0 Å². The average molecular weight is 402 g/mol. The van der Waals surface area contributed by atoms with Gasteiger partial charge in [-0.25, -0.2) is 0 Å². The van der Waals surface area contributed by atoms with Crippen LogP contribution in [0.3, 0.4) is 0 Å². The Kier molecular flexibility index (Phi) is 10.9. The molecule has 0 saturated heterocycles. The first kappa shape index (κ1) is 24.6. The molecular weight excluding hydrogens is 364 g/mol. The maximum atomic E-state index is 11.2. The van der Waals surface area contributed by atoms with Gasteiger partial charge in [-0.1, -0.05) is 37.4 Å². The van der Waals surface area contributed by atoms with Crippen LogP contribution in [0, 0.1) is 0 Å². The predicted octanol–water partition coefficient (Wildman–Crippen LogP) is 2.08. The molecule has 0 atom stereocenters. The van der Waals surface area contributed by atoms with Gasteiger partial charge < -0.3 is 20.0 Å². The Morgan fingerprint density at radius 1 is 0.966 bits per heavy atom. The molecule has 0 spiro atoms. The first-order valence-corrected chi connectivity index (χ1v) is 10.1. The van der Waals surface area contributed by atoms with Crippen molar-refractivity contribution >= 4 is 11.8 Å². The number of hydrogen-bond donors (Lipinski definition) is 2. The van der Waals surface area contributed by atoms with Gasteiger partial charge in [0, 0.05) is 31.6 Å². The van der Waals surface area contributed by atoms with Gasteiger partial charge in [-0.3, -0.25) is 9.59 Å². The monoisotopic (exact) mass is 401 g/mol. The highest BCUT2D eigenvalue weighted by Crippen LogP contribution is 2.12. The van der Waals surface area contributed by atoms with Gasteiger partial charge in [0.2, 0.25) is 11.8 Å². The van der Waals surface area contributed by atoms with Gasteiger partial charge in [0.1, 0.15) is 6.54 Å². The van der Waals surface area contributed by atoms with E-state index in [0.29, 0.717) is 13.1 Å². The molecule has 2 N–H and O–H groups in total. The number of carbonyl (C=O) groups excluding carboxylic acids is 2. The van der Waals surface area contributed by atoms with Gasteiger partial charge in [-0.2, -0.15) is 0 Å². The number of nitrogens with zero attached hydrogens (tertiary/aromatic N) is 2. The molecule has 0 bridgehead atoms. The van der Waals surface area contributed by atoms with Crippen molar-refractivity contribution in [1.29, 1.82) is 0 Å². The van der Waals surface area contributed by atoms with Gasteiger partial charge >= 0.3 is 0 Å². The van der Waals surface area contributed by atoms with Gasteiger partial charge in [0.25, 0.3) is 0 Å². The normalized spacial score (nSPS) is 11.2. The molecule has 0 aliphatic carbocycles. The summed E-state index contributed by atoms with van der Waals surface area (Å²) in [7, 11) is 6.51. The summed E-state index contributed by atoms with van der Waals surface area (Å²) in [6.45, 7) is 12.0. The zero-order chi connectivity index (χ0) is 21.7. The van der Waals surface area contributed by atoms with Gasteiger partial charge in [-0.05, 0) is 37.7 Å². The second-order valence-corrected chi connectivity index (χ2v) is 8.07. The molecule has 160 valence electrons. The van der Waals surface area contributed by atoms with Crippen LogP contribution in [0.4, 0.5) is 0 Å². The van der Waals surface area contributed by atoms with Crippen LogP contribution in [0.5, 0.6) is 0 Å². The molecule has 1 aromatic rings. The molecule has 6 nitrogen and oxygen atoms in total. The molecular formula is C23H37N4O2+. The van der Waals surface area contributed by atoms with Crippen molar-refractivity contribution in [1.82, 2.24) is 15.5 Å². The largest absolute Gasteiger partial charge is 0.353 e. The van der Waals surface area contributed by atoms with E-state index in [1.165, 1.54) is 23.3 Å². The van der Waals surface area contributed by atoms with E-state index in [2.05, 4.69) is 74.1 Å². The van der Waals surface area contributed by atoms with E-state index < -0.39 is 0 Å². The molecule has 0 aliphatic heterocycles. The highest BCUT2D eigenvalue weighted by atomic mass is 16.2. The zero-order valence-corrected chi connectivity index (χ0v) is 18.2. The Balaban J connectivity index is 2.36. The third-order valence-electron chi connectivity index (χ3n) is 4.71. The zero-order valence-electron chi connectivity index (χ0n) is 18.2. The molecule has 6 heteroatoms. The summed E-state index contributed by atoms with van der Waals surface area (Å²) in [5, 5.41) is 5.62. The summed E-state index contributed by atoms with van der Waals surface area (Å²) >= 11 is 0. The molecule has 1 aromatic carbocycles. The van der Waals surface area contributed by atoms with E-state index in [0.717, 1.165) is 43.5 Å². The van der Waals surface area contributed by atoms with E-state index in [9.17, 15) is 9.59 Å². The molecule has 1 rings (SSSR count). The van der Waals surface area contributed by atoms with Crippen LogP contribution in [-0.2, 0) is 22.7 Å². The second kappa shape index (κ2) is 12.9. The van der Waals surface area contributed by atoms with Crippen LogP contribution in [-0.4, -0.2) is 68.5 Å². The Bertz CT molecular complexity index is 668.